The first-order valence-corrected chi connectivity index (χ1v) is 27.1. The van der Waals surface area contributed by atoms with E-state index in [1.165, 1.54) is 125 Å². The minimum absolute atomic E-state index is 0.0398. The van der Waals surface area contributed by atoms with Crippen molar-refractivity contribution in [3.8, 4) is 16.8 Å². The molecule has 15 rings (SSSR count). The van der Waals surface area contributed by atoms with Gasteiger partial charge < -0.3 is 13.9 Å². The zero-order valence-electron chi connectivity index (χ0n) is 42.3. The van der Waals surface area contributed by atoms with E-state index in [-0.39, 0.29) is 33.1 Å². The van der Waals surface area contributed by atoms with E-state index in [9.17, 15) is 0 Å². The third kappa shape index (κ3) is 5.35. The van der Waals surface area contributed by atoms with Crippen molar-refractivity contribution < 1.29 is 4.42 Å². The molecule has 9 aromatic rings. The second-order valence-corrected chi connectivity index (χ2v) is 25.7. The van der Waals surface area contributed by atoms with Crippen LogP contribution in [0.4, 0.5) is 34.3 Å². The highest BCUT2D eigenvalue weighted by atomic mass is 32.2. The number of hydrogen-bond donors (Lipinski definition) is 0. The highest BCUT2D eigenvalue weighted by molar-refractivity contribution is 8.01. The third-order valence-corrected chi connectivity index (χ3v) is 20.7. The van der Waals surface area contributed by atoms with Crippen molar-refractivity contribution in [2.45, 2.75) is 125 Å². The van der Waals surface area contributed by atoms with Crippen LogP contribution in [0.2, 0.25) is 0 Å². The highest BCUT2D eigenvalue weighted by Crippen LogP contribution is 2.64. The molecular weight excluding hydrogens is 882 g/mol. The van der Waals surface area contributed by atoms with Gasteiger partial charge in [-0.1, -0.05) is 158 Å². The van der Waals surface area contributed by atoms with E-state index in [2.05, 4.69) is 227 Å². The Kier molecular flexibility index (Phi) is 8.33. The maximum Gasteiger partial charge on any atom is 0.257 e. The van der Waals surface area contributed by atoms with E-state index >= 15 is 0 Å². The summed E-state index contributed by atoms with van der Waals surface area (Å²) in [6, 6.07) is 55.9. The van der Waals surface area contributed by atoms with Gasteiger partial charge in [0.25, 0.3) is 6.71 Å². The molecule has 1 saturated carbocycles. The standard InChI is InChI=1S/C65H60BN3OS/c1-61(2)33-34-62(3,4)55-46(61)30-29-44-56-60(70-58(44)55)69(40-23-13-10-14-24-40)52-36-41(68-49-28-18-16-26-43(49)54-42-25-15-17-27-45(42)63(5,6)59(54)68)35-51-57(52)66(56)48-38-53-47(64(7)31-19-20-32-65(64,8)71-53)37-50(48)67(51)39-21-11-9-12-22-39/h9-18,21-30,35-38H,19-20,31-34H2,1-8H3. The van der Waals surface area contributed by atoms with E-state index in [1.807, 2.05) is 0 Å². The molecule has 0 amide bonds. The second-order valence-electron chi connectivity index (χ2n) is 24.2. The number of thioether (sulfide) groups is 1. The average molecular weight is 942 g/mol. The largest absolute Gasteiger partial charge is 0.440 e. The van der Waals surface area contributed by atoms with Crippen LogP contribution in [-0.4, -0.2) is 16.0 Å². The molecule has 0 bridgehead atoms. The van der Waals surface area contributed by atoms with Crippen molar-refractivity contribution in [1.82, 2.24) is 4.57 Å². The zero-order chi connectivity index (χ0) is 48.1. The number of benzene rings is 7. The lowest BCUT2D eigenvalue weighted by atomic mass is 9.33. The number of rotatable bonds is 3. The first kappa shape index (κ1) is 42.3. The summed E-state index contributed by atoms with van der Waals surface area (Å²) in [4.78, 5) is 6.61. The summed E-state index contributed by atoms with van der Waals surface area (Å²) in [6.07, 6.45) is 7.28. The Bertz CT molecular complexity index is 3790. The molecule has 3 aliphatic heterocycles. The molecule has 0 radical (unpaired) electrons. The van der Waals surface area contributed by atoms with Gasteiger partial charge in [0.15, 0.2) is 0 Å². The minimum Gasteiger partial charge on any atom is -0.440 e. The van der Waals surface area contributed by atoms with Gasteiger partial charge in [0, 0.05) is 82.0 Å². The fourth-order valence-corrected chi connectivity index (χ4v) is 16.8. The van der Waals surface area contributed by atoms with Crippen LogP contribution in [0.5, 0.6) is 0 Å². The monoisotopic (exact) mass is 941 g/mol. The van der Waals surface area contributed by atoms with Gasteiger partial charge in [0.05, 0.1) is 11.2 Å². The minimum atomic E-state index is -0.253. The summed E-state index contributed by atoms with van der Waals surface area (Å²) in [5.74, 6) is 0.939. The van der Waals surface area contributed by atoms with Crippen molar-refractivity contribution in [2.75, 3.05) is 9.80 Å². The smallest absolute Gasteiger partial charge is 0.257 e. The van der Waals surface area contributed by atoms with Crippen LogP contribution in [0.15, 0.2) is 155 Å². The maximum absolute atomic E-state index is 7.82. The average Bonchev–Trinajstić information content (AvgIpc) is 4.06. The molecular formula is C65H60BN3OS. The Labute approximate surface area is 423 Å². The third-order valence-electron chi connectivity index (χ3n) is 19.0. The molecule has 350 valence electrons. The Morgan fingerprint density at radius 3 is 1.97 bits per heavy atom. The first-order chi connectivity index (χ1) is 34.2. The summed E-state index contributed by atoms with van der Waals surface area (Å²) in [6.45, 7) is 19.7. The predicted octanol–water partition coefficient (Wildman–Crippen LogP) is 15.8. The molecule has 2 unspecified atom stereocenters. The Morgan fingerprint density at radius 1 is 0.535 bits per heavy atom. The zero-order valence-corrected chi connectivity index (χ0v) is 43.2. The number of nitrogens with zero attached hydrogens (tertiary/aromatic N) is 3. The van der Waals surface area contributed by atoms with E-state index in [1.54, 1.807) is 0 Å². The lowest BCUT2D eigenvalue weighted by Gasteiger charge is -2.45. The highest BCUT2D eigenvalue weighted by Gasteiger charge is 2.56. The lowest BCUT2D eigenvalue weighted by molar-refractivity contribution is 0.260. The number of anilines is 6. The number of fused-ring (bicyclic) bond motifs is 16. The molecule has 71 heavy (non-hydrogen) atoms. The van der Waals surface area contributed by atoms with Gasteiger partial charge in [0.1, 0.15) is 5.58 Å². The normalized spacial score (nSPS) is 22.3. The van der Waals surface area contributed by atoms with Crippen LogP contribution < -0.4 is 26.2 Å². The molecule has 7 aromatic carbocycles. The number of hydrogen-bond acceptors (Lipinski definition) is 4. The van der Waals surface area contributed by atoms with Crippen LogP contribution in [-0.2, 0) is 21.7 Å². The van der Waals surface area contributed by atoms with Crippen LogP contribution >= 0.6 is 11.8 Å². The maximum atomic E-state index is 7.82. The predicted molar refractivity (Wildman–Crippen MR) is 300 cm³/mol. The van der Waals surface area contributed by atoms with Crippen molar-refractivity contribution in [1.29, 1.82) is 0 Å². The van der Waals surface area contributed by atoms with Gasteiger partial charge in [0.2, 0.25) is 5.88 Å². The van der Waals surface area contributed by atoms with Crippen molar-refractivity contribution in [3.05, 3.63) is 174 Å². The van der Waals surface area contributed by atoms with Crippen LogP contribution in [0, 0.1) is 0 Å². The summed E-state index contributed by atoms with van der Waals surface area (Å²) in [5, 5.41) is 2.53. The molecule has 2 atom stereocenters. The molecule has 3 aliphatic carbocycles. The van der Waals surface area contributed by atoms with Gasteiger partial charge in [-0.25, -0.2) is 0 Å². The molecule has 4 nitrogen and oxygen atoms in total. The van der Waals surface area contributed by atoms with Gasteiger partial charge in [-0.2, -0.15) is 0 Å². The molecule has 0 saturated heterocycles. The van der Waals surface area contributed by atoms with E-state index < -0.39 is 0 Å². The summed E-state index contributed by atoms with van der Waals surface area (Å²) < 4.78 is 10.6. The fraction of sp³-hybridized carbons (Fsp3) is 0.292. The second kappa shape index (κ2) is 14.0. The van der Waals surface area contributed by atoms with Gasteiger partial charge in [-0.05, 0) is 125 Å². The molecule has 6 heteroatoms. The molecule has 0 N–H and O–H groups in total. The number of furan rings is 1. The topological polar surface area (TPSA) is 24.6 Å². The van der Waals surface area contributed by atoms with Gasteiger partial charge in [-0.3, -0.25) is 4.90 Å². The van der Waals surface area contributed by atoms with Crippen LogP contribution in [0.3, 0.4) is 0 Å². The molecule has 1 fully saturated rings. The lowest BCUT2D eigenvalue weighted by Crippen LogP contribution is -2.61. The SMILES string of the molecule is CC1(C)CCC(C)(C)c2c1ccc1c3c(oc21)N(c1ccccc1)c1cc(-n2c4c(c5ccccc52)-c2ccccc2C4(C)C)cc2c1B3c1cc3c(cc1N2c1ccccc1)C1(C)CCCCC1(C)S3. The van der Waals surface area contributed by atoms with E-state index in [0.29, 0.717) is 0 Å². The molecule has 5 heterocycles. The fourth-order valence-electron chi connectivity index (χ4n) is 15.1. The number of para-hydroxylation sites is 3. The Balaban J connectivity index is 1.11. The van der Waals surface area contributed by atoms with E-state index in [0.717, 1.165) is 35.7 Å². The van der Waals surface area contributed by atoms with Gasteiger partial charge >= 0.3 is 0 Å². The molecule has 0 spiro atoms. The number of aromatic nitrogens is 1. The summed E-state index contributed by atoms with van der Waals surface area (Å²) >= 11 is 2.16. The van der Waals surface area contributed by atoms with Crippen LogP contribution in [0.25, 0.3) is 38.7 Å². The Hall–Kier alpha value is -6.37. The van der Waals surface area contributed by atoms with Crippen molar-refractivity contribution in [3.63, 3.8) is 0 Å². The van der Waals surface area contributed by atoms with Gasteiger partial charge in [-0.15, -0.1) is 11.8 Å². The Morgan fingerprint density at radius 2 is 1.20 bits per heavy atom. The van der Waals surface area contributed by atoms with Crippen molar-refractivity contribution >= 4 is 91.1 Å². The first-order valence-electron chi connectivity index (χ1n) is 26.3. The van der Waals surface area contributed by atoms with E-state index in [4.69, 9.17) is 4.42 Å². The quantitative estimate of drug-likeness (QED) is 0.165. The van der Waals surface area contributed by atoms with Crippen LogP contribution in [0.1, 0.15) is 122 Å². The summed E-state index contributed by atoms with van der Waals surface area (Å²) in [5.41, 5.74) is 22.9. The summed E-state index contributed by atoms with van der Waals surface area (Å²) in [7, 11) is 0. The van der Waals surface area contributed by atoms with Crippen molar-refractivity contribution in [2.24, 2.45) is 0 Å². The molecule has 6 aliphatic rings. The molecule has 2 aromatic heterocycles.